The van der Waals surface area contributed by atoms with E-state index in [1.807, 2.05) is 49.4 Å². The van der Waals surface area contributed by atoms with Crippen LogP contribution in [-0.4, -0.2) is 34.8 Å². The van der Waals surface area contributed by atoms with Crippen LogP contribution in [0.15, 0.2) is 95.6 Å². The summed E-state index contributed by atoms with van der Waals surface area (Å²) in [5.74, 6) is -2.23. The Bertz CT molecular complexity index is 1820. The summed E-state index contributed by atoms with van der Waals surface area (Å²) >= 11 is 0. The van der Waals surface area contributed by atoms with Crippen molar-refractivity contribution in [3.05, 3.63) is 114 Å². The molecule has 3 aromatic carbocycles. The number of pyridine rings is 1. The SMILES string of the molecule is CC(c1ccc(-c2cc(-c3ccc(F)cc3)c3oc(CNC(=O)C=Cc4ccc(N)nc4)cc3c2)cc1)N1CCC(F)(F)CC1. The number of aromatic nitrogens is 1. The lowest BCUT2D eigenvalue weighted by Gasteiger charge is -2.36. The van der Waals surface area contributed by atoms with Gasteiger partial charge in [-0.15, -0.1) is 0 Å². The van der Waals surface area contributed by atoms with E-state index in [1.165, 1.54) is 18.2 Å². The number of halogens is 3. The van der Waals surface area contributed by atoms with Crippen molar-refractivity contribution < 1.29 is 22.4 Å². The zero-order chi connectivity index (χ0) is 31.6. The van der Waals surface area contributed by atoms with E-state index in [9.17, 15) is 18.0 Å². The normalized spacial score (nSPS) is 15.8. The van der Waals surface area contributed by atoms with E-state index in [0.29, 0.717) is 30.3 Å². The van der Waals surface area contributed by atoms with Crippen LogP contribution in [0.5, 0.6) is 0 Å². The minimum absolute atomic E-state index is 0.0250. The lowest BCUT2D eigenvalue weighted by molar-refractivity contribution is -0.116. The third-order valence-corrected chi connectivity index (χ3v) is 8.30. The number of amides is 1. The van der Waals surface area contributed by atoms with Crippen molar-refractivity contribution in [2.24, 2.45) is 0 Å². The van der Waals surface area contributed by atoms with Crippen molar-refractivity contribution >= 4 is 28.8 Å². The van der Waals surface area contributed by atoms with Crippen LogP contribution >= 0.6 is 0 Å². The zero-order valence-electron chi connectivity index (χ0n) is 24.8. The molecule has 1 atom stereocenters. The number of hydrogen-bond acceptors (Lipinski definition) is 5. The lowest BCUT2D eigenvalue weighted by Crippen LogP contribution is -2.40. The predicted octanol–water partition coefficient (Wildman–Crippen LogP) is 8.00. The molecule has 1 amide bonds. The van der Waals surface area contributed by atoms with Gasteiger partial charge in [0.25, 0.3) is 5.92 Å². The molecule has 1 aliphatic heterocycles. The average molecular weight is 611 g/mol. The lowest BCUT2D eigenvalue weighted by atomic mass is 9.95. The van der Waals surface area contributed by atoms with Crippen LogP contribution in [0.3, 0.4) is 0 Å². The summed E-state index contributed by atoms with van der Waals surface area (Å²) in [6, 6.07) is 23.8. The zero-order valence-corrected chi connectivity index (χ0v) is 24.8. The molecular formula is C36H33F3N4O2. The molecule has 1 fully saturated rings. The minimum atomic E-state index is -2.58. The molecule has 0 bridgehead atoms. The van der Waals surface area contributed by atoms with Gasteiger partial charge < -0.3 is 15.5 Å². The summed E-state index contributed by atoms with van der Waals surface area (Å²) in [7, 11) is 0. The minimum Gasteiger partial charge on any atom is -0.459 e. The van der Waals surface area contributed by atoms with Gasteiger partial charge in [0.2, 0.25) is 5.91 Å². The number of piperidine rings is 1. The summed E-state index contributed by atoms with van der Waals surface area (Å²) in [6.07, 6.45) is 4.42. The van der Waals surface area contributed by atoms with E-state index in [1.54, 1.807) is 36.5 Å². The van der Waals surface area contributed by atoms with Gasteiger partial charge in [0.1, 0.15) is 23.0 Å². The molecule has 0 radical (unpaired) electrons. The van der Waals surface area contributed by atoms with E-state index >= 15 is 0 Å². The first-order valence-electron chi connectivity index (χ1n) is 14.9. The molecule has 1 aliphatic rings. The topological polar surface area (TPSA) is 84.4 Å². The second-order valence-corrected chi connectivity index (χ2v) is 11.4. The maximum Gasteiger partial charge on any atom is 0.250 e. The first-order valence-corrected chi connectivity index (χ1v) is 14.9. The van der Waals surface area contributed by atoms with Gasteiger partial charge in [0.05, 0.1) is 6.54 Å². The number of carbonyl (C=O) groups excluding carboxylic acids is 1. The van der Waals surface area contributed by atoms with Crippen LogP contribution < -0.4 is 11.1 Å². The molecule has 2 aromatic heterocycles. The number of carbonyl (C=O) groups is 1. The van der Waals surface area contributed by atoms with E-state index in [0.717, 1.165) is 38.8 Å². The highest BCUT2D eigenvalue weighted by atomic mass is 19.3. The number of nitrogens with two attached hydrogens (primary N) is 1. The Hall–Kier alpha value is -4.89. The number of nitrogens with zero attached hydrogens (tertiary/aromatic N) is 2. The van der Waals surface area contributed by atoms with E-state index in [2.05, 4.69) is 15.2 Å². The fourth-order valence-electron chi connectivity index (χ4n) is 5.63. The summed E-state index contributed by atoms with van der Waals surface area (Å²) in [5, 5.41) is 3.68. The number of fused-ring (bicyclic) bond motifs is 1. The summed E-state index contributed by atoms with van der Waals surface area (Å²) in [4.78, 5) is 18.6. The van der Waals surface area contributed by atoms with Gasteiger partial charge in [-0.1, -0.05) is 36.4 Å². The van der Waals surface area contributed by atoms with Crippen LogP contribution in [0.2, 0.25) is 0 Å². The Kier molecular flexibility index (Phi) is 8.45. The van der Waals surface area contributed by atoms with Crippen LogP contribution in [0.1, 0.15) is 42.7 Å². The molecule has 45 heavy (non-hydrogen) atoms. The fourth-order valence-corrected chi connectivity index (χ4v) is 5.63. The quantitative estimate of drug-likeness (QED) is 0.174. The Morgan fingerprint density at radius 3 is 2.40 bits per heavy atom. The number of rotatable bonds is 8. The van der Waals surface area contributed by atoms with Crippen molar-refractivity contribution in [1.29, 1.82) is 0 Å². The van der Waals surface area contributed by atoms with E-state index in [4.69, 9.17) is 10.2 Å². The number of furan rings is 1. The van der Waals surface area contributed by atoms with Crippen molar-refractivity contribution in [2.75, 3.05) is 18.8 Å². The number of nitrogen functional groups attached to an aromatic ring is 1. The van der Waals surface area contributed by atoms with Crippen molar-refractivity contribution in [2.45, 2.75) is 38.3 Å². The van der Waals surface area contributed by atoms with Gasteiger partial charge in [0, 0.05) is 55.2 Å². The van der Waals surface area contributed by atoms with E-state index in [-0.39, 0.29) is 37.2 Å². The monoisotopic (exact) mass is 610 g/mol. The molecule has 3 N–H and O–H groups in total. The van der Waals surface area contributed by atoms with Crippen molar-refractivity contribution in [3.8, 4) is 22.3 Å². The van der Waals surface area contributed by atoms with Crippen LogP contribution in [-0.2, 0) is 11.3 Å². The Balaban J connectivity index is 1.24. The highest BCUT2D eigenvalue weighted by Gasteiger charge is 2.35. The molecule has 5 aromatic rings. The van der Waals surface area contributed by atoms with Gasteiger partial charge in [-0.05, 0) is 83.3 Å². The molecule has 230 valence electrons. The highest BCUT2D eigenvalue weighted by Crippen LogP contribution is 2.37. The molecule has 0 aliphatic carbocycles. The van der Waals surface area contributed by atoms with E-state index < -0.39 is 5.92 Å². The van der Waals surface area contributed by atoms with Crippen LogP contribution in [0.25, 0.3) is 39.3 Å². The molecule has 3 heterocycles. The smallest absolute Gasteiger partial charge is 0.250 e. The van der Waals surface area contributed by atoms with Crippen molar-refractivity contribution in [1.82, 2.24) is 15.2 Å². The third-order valence-electron chi connectivity index (χ3n) is 8.30. The molecular weight excluding hydrogens is 577 g/mol. The molecule has 6 rings (SSSR count). The maximum atomic E-state index is 13.8. The average Bonchev–Trinajstić information content (AvgIpc) is 3.46. The van der Waals surface area contributed by atoms with Gasteiger partial charge >= 0.3 is 0 Å². The third kappa shape index (κ3) is 7.10. The van der Waals surface area contributed by atoms with Gasteiger partial charge in [-0.3, -0.25) is 9.69 Å². The number of hydrogen-bond donors (Lipinski definition) is 2. The molecule has 0 saturated carbocycles. The van der Waals surface area contributed by atoms with Gasteiger partial charge in [-0.25, -0.2) is 18.2 Å². The number of nitrogens with one attached hydrogen (secondary N) is 1. The number of alkyl halides is 2. The van der Waals surface area contributed by atoms with Crippen LogP contribution in [0, 0.1) is 5.82 Å². The molecule has 1 unspecified atom stereocenters. The Morgan fingerprint density at radius 1 is 1.00 bits per heavy atom. The summed E-state index contributed by atoms with van der Waals surface area (Å²) in [6.45, 7) is 2.96. The standard InChI is InChI=1S/C36H33F3N4O2/c1-23(43-16-14-36(38,39)15-17-43)25-4-6-26(7-5-25)28-18-29-19-31(22-42-34(44)13-3-24-2-12-33(40)41-21-24)45-35(29)32(20-28)27-8-10-30(37)11-9-27/h2-13,18-21,23H,14-17,22H2,1H3,(H2,40,41)(H,42,44). The molecule has 9 heteroatoms. The predicted molar refractivity (Wildman–Crippen MR) is 171 cm³/mol. The first kappa shape index (κ1) is 30.1. The fraction of sp³-hybridized carbons (Fsp3) is 0.222. The highest BCUT2D eigenvalue weighted by molar-refractivity contribution is 5.97. The number of benzene rings is 3. The van der Waals surface area contributed by atoms with Crippen LogP contribution in [0.4, 0.5) is 19.0 Å². The van der Waals surface area contributed by atoms with Gasteiger partial charge in [-0.2, -0.15) is 0 Å². The largest absolute Gasteiger partial charge is 0.459 e. The Labute approximate surface area is 259 Å². The number of likely N-dealkylation sites (tertiary alicyclic amines) is 1. The van der Waals surface area contributed by atoms with Crippen molar-refractivity contribution in [3.63, 3.8) is 0 Å². The maximum absolute atomic E-state index is 13.8. The Morgan fingerprint density at radius 2 is 1.71 bits per heavy atom. The van der Waals surface area contributed by atoms with Gasteiger partial charge in [0.15, 0.2) is 0 Å². The summed E-state index contributed by atoms with van der Waals surface area (Å²) in [5.41, 5.74) is 11.5. The molecule has 0 spiro atoms. The molecule has 6 nitrogen and oxygen atoms in total. The molecule has 1 saturated heterocycles. The summed E-state index contributed by atoms with van der Waals surface area (Å²) < 4.78 is 47.3. The second kappa shape index (κ2) is 12.6. The number of anilines is 1. The second-order valence-electron chi connectivity index (χ2n) is 11.4. The first-order chi connectivity index (χ1) is 21.6.